The van der Waals surface area contributed by atoms with E-state index in [1.165, 1.54) is 12.5 Å². The van der Waals surface area contributed by atoms with Gasteiger partial charge in [-0.1, -0.05) is 26.0 Å². The Kier molecular flexibility index (Phi) is 5.20. The van der Waals surface area contributed by atoms with E-state index >= 15 is 0 Å². The van der Waals surface area contributed by atoms with Gasteiger partial charge in [0, 0.05) is 6.54 Å². The normalized spacial score (nSPS) is 27.2. The van der Waals surface area contributed by atoms with Gasteiger partial charge in [-0.2, -0.15) is 0 Å². The van der Waals surface area contributed by atoms with Crippen LogP contribution in [0.2, 0.25) is 0 Å². The first-order valence-corrected chi connectivity index (χ1v) is 7.25. The zero-order valence-electron chi connectivity index (χ0n) is 11.9. The van der Waals surface area contributed by atoms with E-state index < -0.39 is 0 Å². The van der Waals surface area contributed by atoms with E-state index in [0.717, 1.165) is 24.7 Å². The molecular formula is C16H24FNO. The average molecular weight is 265 g/mol. The third-order valence-corrected chi connectivity index (χ3v) is 3.78. The fourth-order valence-electron chi connectivity index (χ4n) is 3.03. The molecule has 1 aromatic rings. The van der Waals surface area contributed by atoms with Crippen LogP contribution in [0.1, 0.15) is 33.1 Å². The van der Waals surface area contributed by atoms with Gasteiger partial charge < -0.3 is 10.1 Å². The average Bonchev–Trinajstić information content (AvgIpc) is 2.35. The van der Waals surface area contributed by atoms with Crippen molar-refractivity contribution in [1.29, 1.82) is 0 Å². The largest absolute Gasteiger partial charge is 0.380 e. The summed E-state index contributed by atoms with van der Waals surface area (Å²) in [5.41, 5.74) is 0.552. The highest BCUT2D eigenvalue weighted by Crippen LogP contribution is 2.30. The standard InChI is InChI=1S/C16H24FNO/c1-12-9-13(2)11-14(10-12)19-8-7-18-16-6-4-3-5-15(16)17/h3-6,12-14,18H,7-11H2,1-2H3. The van der Waals surface area contributed by atoms with Gasteiger partial charge in [0.1, 0.15) is 5.82 Å². The van der Waals surface area contributed by atoms with Crippen LogP contribution in [0.25, 0.3) is 0 Å². The van der Waals surface area contributed by atoms with E-state index in [4.69, 9.17) is 4.74 Å². The van der Waals surface area contributed by atoms with Gasteiger partial charge in [-0.3, -0.25) is 0 Å². The van der Waals surface area contributed by atoms with Crippen molar-refractivity contribution < 1.29 is 9.13 Å². The van der Waals surface area contributed by atoms with Crippen LogP contribution in [0.15, 0.2) is 24.3 Å². The molecular weight excluding hydrogens is 241 g/mol. The predicted molar refractivity (Wildman–Crippen MR) is 76.8 cm³/mol. The number of benzene rings is 1. The van der Waals surface area contributed by atoms with Gasteiger partial charge in [-0.15, -0.1) is 0 Å². The van der Waals surface area contributed by atoms with Crippen LogP contribution in [0.5, 0.6) is 0 Å². The van der Waals surface area contributed by atoms with Crippen molar-refractivity contribution in [3.05, 3.63) is 30.1 Å². The molecule has 1 aliphatic rings. The predicted octanol–water partition coefficient (Wildman–Crippen LogP) is 4.08. The molecule has 0 radical (unpaired) electrons. The van der Waals surface area contributed by atoms with E-state index in [9.17, 15) is 4.39 Å². The van der Waals surface area contributed by atoms with Gasteiger partial charge in [-0.05, 0) is 43.2 Å². The quantitative estimate of drug-likeness (QED) is 0.810. The lowest BCUT2D eigenvalue weighted by molar-refractivity contribution is 0.00617. The second kappa shape index (κ2) is 6.90. The second-order valence-corrected chi connectivity index (χ2v) is 5.82. The lowest BCUT2D eigenvalue weighted by Gasteiger charge is -2.31. The number of halogens is 1. The molecule has 0 bridgehead atoms. The number of ether oxygens (including phenoxy) is 1. The molecule has 1 N–H and O–H groups in total. The zero-order chi connectivity index (χ0) is 13.7. The monoisotopic (exact) mass is 265 g/mol. The highest BCUT2D eigenvalue weighted by Gasteiger charge is 2.24. The minimum absolute atomic E-state index is 0.206. The van der Waals surface area contributed by atoms with Crippen molar-refractivity contribution in [2.75, 3.05) is 18.5 Å². The Labute approximate surface area is 115 Å². The summed E-state index contributed by atoms with van der Waals surface area (Å²) in [5, 5.41) is 3.07. The van der Waals surface area contributed by atoms with Gasteiger partial charge in [-0.25, -0.2) is 4.39 Å². The summed E-state index contributed by atoms with van der Waals surface area (Å²) >= 11 is 0. The van der Waals surface area contributed by atoms with E-state index in [0.29, 0.717) is 24.9 Å². The Morgan fingerprint density at radius 3 is 2.53 bits per heavy atom. The van der Waals surface area contributed by atoms with Crippen LogP contribution in [0.4, 0.5) is 10.1 Å². The van der Waals surface area contributed by atoms with Crippen LogP contribution in [0, 0.1) is 17.7 Å². The smallest absolute Gasteiger partial charge is 0.146 e. The summed E-state index contributed by atoms with van der Waals surface area (Å²) in [5.74, 6) is 1.31. The summed E-state index contributed by atoms with van der Waals surface area (Å²) < 4.78 is 19.3. The Bertz CT molecular complexity index is 386. The Morgan fingerprint density at radius 2 is 1.84 bits per heavy atom. The highest BCUT2D eigenvalue weighted by atomic mass is 19.1. The van der Waals surface area contributed by atoms with Crippen molar-refractivity contribution >= 4 is 5.69 Å². The molecule has 1 fully saturated rings. The van der Waals surface area contributed by atoms with Crippen molar-refractivity contribution in [2.24, 2.45) is 11.8 Å². The number of anilines is 1. The van der Waals surface area contributed by atoms with E-state index in [1.807, 2.05) is 6.07 Å². The minimum atomic E-state index is -0.206. The van der Waals surface area contributed by atoms with Crippen LogP contribution < -0.4 is 5.32 Å². The summed E-state index contributed by atoms with van der Waals surface area (Å²) in [4.78, 5) is 0. The molecule has 1 aromatic carbocycles. The molecule has 1 saturated carbocycles. The van der Waals surface area contributed by atoms with Gasteiger partial charge in [0.2, 0.25) is 0 Å². The third-order valence-electron chi connectivity index (χ3n) is 3.78. The first-order valence-electron chi connectivity index (χ1n) is 7.25. The first kappa shape index (κ1) is 14.3. The summed E-state index contributed by atoms with van der Waals surface area (Å²) in [6.07, 6.45) is 4.00. The zero-order valence-corrected chi connectivity index (χ0v) is 11.9. The Morgan fingerprint density at radius 1 is 1.16 bits per heavy atom. The van der Waals surface area contributed by atoms with Crippen LogP contribution in [-0.4, -0.2) is 19.3 Å². The molecule has 2 unspecified atom stereocenters. The van der Waals surface area contributed by atoms with Gasteiger partial charge >= 0.3 is 0 Å². The number of rotatable bonds is 5. The van der Waals surface area contributed by atoms with E-state index in [2.05, 4.69) is 19.2 Å². The number of para-hydroxylation sites is 1. The highest BCUT2D eigenvalue weighted by molar-refractivity contribution is 5.44. The van der Waals surface area contributed by atoms with Crippen LogP contribution >= 0.6 is 0 Å². The lowest BCUT2D eigenvalue weighted by Crippen LogP contribution is -2.28. The molecule has 0 spiro atoms. The van der Waals surface area contributed by atoms with E-state index in [1.54, 1.807) is 12.1 Å². The first-order chi connectivity index (χ1) is 9.15. The van der Waals surface area contributed by atoms with Crippen molar-refractivity contribution in [3.8, 4) is 0 Å². The number of hydrogen-bond acceptors (Lipinski definition) is 2. The maximum atomic E-state index is 13.4. The SMILES string of the molecule is CC1CC(C)CC(OCCNc2ccccc2F)C1. The maximum Gasteiger partial charge on any atom is 0.146 e. The second-order valence-electron chi connectivity index (χ2n) is 5.82. The van der Waals surface area contributed by atoms with Gasteiger partial charge in [0.25, 0.3) is 0 Å². The van der Waals surface area contributed by atoms with Crippen LogP contribution in [0.3, 0.4) is 0 Å². The fraction of sp³-hybridized carbons (Fsp3) is 0.625. The molecule has 0 amide bonds. The fourth-order valence-corrected chi connectivity index (χ4v) is 3.03. The number of hydrogen-bond donors (Lipinski definition) is 1. The Hall–Kier alpha value is -1.09. The van der Waals surface area contributed by atoms with Gasteiger partial charge in [0.05, 0.1) is 18.4 Å². The van der Waals surface area contributed by atoms with E-state index in [-0.39, 0.29) is 5.82 Å². The molecule has 0 aliphatic heterocycles. The molecule has 0 aromatic heterocycles. The van der Waals surface area contributed by atoms with Crippen molar-refractivity contribution in [3.63, 3.8) is 0 Å². The minimum Gasteiger partial charge on any atom is -0.380 e. The molecule has 0 heterocycles. The van der Waals surface area contributed by atoms with Crippen molar-refractivity contribution in [1.82, 2.24) is 0 Å². The molecule has 19 heavy (non-hydrogen) atoms. The topological polar surface area (TPSA) is 21.3 Å². The summed E-state index contributed by atoms with van der Waals surface area (Å²) in [6.45, 7) is 5.88. The lowest BCUT2D eigenvalue weighted by atomic mass is 9.82. The molecule has 2 rings (SSSR count). The molecule has 2 nitrogen and oxygen atoms in total. The summed E-state index contributed by atoms with van der Waals surface area (Å²) in [7, 11) is 0. The number of nitrogens with one attached hydrogen (secondary N) is 1. The molecule has 1 aliphatic carbocycles. The van der Waals surface area contributed by atoms with Gasteiger partial charge in [0.15, 0.2) is 0 Å². The molecule has 0 saturated heterocycles. The summed E-state index contributed by atoms with van der Waals surface area (Å²) in [6, 6.07) is 6.74. The molecule has 106 valence electrons. The maximum absolute atomic E-state index is 13.4. The van der Waals surface area contributed by atoms with Crippen LogP contribution in [-0.2, 0) is 4.74 Å². The Balaban J connectivity index is 1.68. The van der Waals surface area contributed by atoms with Crippen molar-refractivity contribution in [2.45, 2.75) is 39.2 Å². The molecule has 3 heteroatoms. The third kappa shape index (κ3) is 4.50. The molecule has 2 atom stereocenters.